The lowest BCUT2D eigenvalue weighted by Gasteiger charge is -2.27. The van der Waals surface area contributed by atoms with Gasteiger partial charge < -0.3 is 4.90 Å². The first kappa shape index (κ1) is 16.0. The van der Waals surface area contributed by atoms with Crippen LogP contribution < -0.4 is 5.32 Å². The molecule has 3 nitrogen and oxygen atoms in total. The van der Waals surface area contributed by atoms with Crippen LogP contribution in [0, 0.1) is 5.41 Å². The summed E-state index contributed by atoms with van der Waals surface area (Å²) in [6.45, 7) is 9.69. The SMILES string of the molecule is CCCC1NC(c2ccccc2)C(=O)N1CCC(C)(C)C. The van der Waals surface area contributed by atoms with Gasteiger partial charge in [0.05, 0.1) is 6.17 Å². The van der Waals surface area contributed by atoms with E-state index in [9.17, 15) is 4.79 Å². The van der Waals surface area contributed by atoms with Crippen LogP contribution in [0.1, 0.15) is 58.6 Å². The fourth-order valence-corrected chi connectivity index (χ4v) is 2.79. The lowest BCUT2D eigenvalue weighted by atomic mass is 9.92. The maximum atomic E-state index is 12.8. The molecule has 0 saturated carbocycles. The average molecular weight is 288 g/mol. The zero-order valence-electron chi connectivity index (χ0n) is 13.7. The Labute approximate surface area is 128 Å². The lowest BCUT2D eigenvalue weighted by Crippen LogP contribution is -2.39. The molecular formula is C18H28N2O. The number of amides is 1. The fraction of sp³-hybridized carbons (Fsp3) is 0.611. The molecule has 1 amide bonds. The zero-order chi connectivity index (χ0) is 15.5. The summed E-state index contributed by atoms with van der Waals surface area (Å²) in [5.74, 6) is 0.226. The molecule has 2 rings (SSSR count). The number of benzene rings is 1. The summed E-state index contributed by atoms with van der Waals surface area (Å²) in [5, 5.41) is 3.52. The van der Waals surface area contributed by atoms with E-state index >= 15 is 0 Å². The van der Waals surface area contributed by atoms with Gasteiger partial charge in [-0.3, -0.25) is 10.1 Å². The molecule has 1 aromatic carbocycles. The first-order valence-electron chi connectivity index (χ1n) is 8.04. The van der Waals surface area contributed by atoms with E-state index in [1.807, 2.05) is 35.2 Å². The summed E-state index contributed by atoms with van der Waals surface area (Å²) >= 11 is 0. The average Bonchev–Trinajstić information content (AvgIpc) is 2.74. The predicted octanol–water partition coefficient (Wildman–Crippen LogP) is 3.72. The summed E-state index contributed by atoms with van der Waals surface area (Å²) in [6.07, 6.45) is 3.30. The van der Waals surface area contributed by atoms with Crippen LogP contribution >= 0.6 is 0 Å². The summed E-state index contributed by atoms with van der Waals surface area (Å²) in [5.41, 5.74) is 1.32. The van der Waals surface area contributed by atoms with E-state index in [0.29, 0.717) is 0 Å². The third-order valence-corrected chi connectivity index (χ3v) is 4.06. The molecule has 0 bridgehead atoms. The first-order chi connectivity index (χ1) is 9.92. The van der Waals surface area contributed by atoms with Crippen LogP contribution in [0.15, 0.2) is 30.3 Å². The normalized spacial score (nSPS) is 22.9. The van der Waals surface area contributed by atoms with Crippen molar-refractivity contribution in [2.45, 2.75) is 59.2 Å². The van der Waals surface area contributed by atoms with Crippen molar-refractivity contribution >= 4 is 5.91 Å². The summed E-state index contributed by atoms with van der Waals surface area (Å²) in [4.78, 5) is 14.8. The highest BCUT2D eigenvalue weighted by atomic mass is 16.2. The molecule has 2 atom stereocenters. The van der Waals surface area contributed by atoms with Gasteiger partial charge in [0.1, 0.15) is 6.04 Å². The number of nitrogens with zero attached hydrogens (tertiary/aromatic N) is 1. The Balaban J connectivity index is 2.12. The monoisotopic (exact) mass is 288 g/mol. The second kappa shape index (κ2) is 6.61. The van der Waals surface area contributed by atoms with E-state index < -0.39 is 0 Å². The number of rotatable bonds is 5. The van der Waals surface area contributed by atoms with Crippen LogP contribution in [0.3, 0.4) is 0 Å². The number of nitrogens with one attached hydrogen (secondary N) is 1. The van der Waals surface area contributed by atoms with Gasteiger partial charge in [0, 0.05) is 6.54 Å². The number of hydrogen-bond acceptors (Lipinski definition) is 2. The smallest absolute Gasteiger partial charge is 0.245 e. The third kappa shape index (κ3) is 4.07. The molecule has 2 unspecified atom stereocenters. The zero-order valence-corrected chi connectivity index (χ0v) is 13.7. The molecule has 1 fully saturated rings. The van der Waals surface area contributed by atoms with E-state index in [4.69, 9.17) is 0 Å². The van der Waals surface area contributed by atoms with Crippen molar-refractivity contribution in [2.75, 3.05) is 6.54 Å². The van der Waals surface area contributed by atoms with Crippen LogP contribution in [0.4, 0.5) is 0 Å². The Morgan fingerprint density at radius 3 is 2.43 bits per heavy atom. The number of hydrogen-bond donors (Lipinski definition) is 1. The molecule has 1 saturated heterocycles. The molecule has 0 radical (unpaired) electrons. The molecule has 1 N–H and O–H groups in total. The van der Waals surface area contributed by atoms with Gasteiger partial charge in [-0.1, -0.05) is 64.4 Å². The minimum atomic E-state index is -0.178. The molecular weight excluding hydrogens is 260 g/mol. The second-order valence-corrected chi connectivity index (χ2v) is 7.16. The Hall–Kier alpha value is -1.35. The minimum Gasteiger partial charge on any atom is -0.325 e. The van der Waals surface area contributed by atoms with Crippen molar-refractivity contribution in [1.29, 1.82) is 0 Å². The first-order valence-corrected chi connectivity index (χ1v) is 8.04. The number of carbonyl (C=O) groups excluding carboxylic acids is 1. The van der Waals surface area contributed by atoms with Crippen molar-refractivity contribution < 1.29 is 4.79 Å². The van der Waals surface area contributed by atoms with E-state index in [1.54, 1.807) is 0 Å². The van der Waals surface area contributed by atoms with Gasteiger partial charge in [0.2, 0.25) is 5.91 Å². The standard InChI is InChI=1S/C18H28N2O/c1-5-9-15-19-16(14-10-7-6-8-11-14)17(21)20(15)13-12-18(2,3)4/h6-8,10-11,15-16,19H,5,9,12-13H2,1-4H3. The molecule has 1 aromatic rings. The molecule has 0 aromatic heterocycles. The molecule has 0 aliphatic carbocycles. The summed E-state index contributed by atoms with van der Waals surface area (Å²) in [6, 6.07) is 9.87. The maximum Gasteiger partial charge on any atom is 0.245 e. The van der Waals surface area contributed by atoms with Crippen LogP contribution in [-0.2, 0) is 4.79 Å². The quantitative estimate of drug-likeness (QED) is 0.895. The maximum absolute atomic E-state index is 12.8. The highest BCUT2D eigenvalue weighted by Gasteiger charge is 2.39. The van der Waals surface area contributed by atoms with Crippen LogP contribution in [0.5, 0.6) is 0 Å². The van der Waals surface area contributed by atoms with Crippen LogP contribution in [0.2, 0.25) is 0 Å². The Morgan fingerprint density at radius 1 is 1.19 bits per heavy atom. The second-order valence-electron chi connectivity index (χ2n) is 7.16. The summed E-state index contributed by atoms with van der Waals surface area (Å²) < 4.78 is 0. The molecule has 1 heterocycles. The van der Waals surface area contributed by atoms with Gasteiger partial charge in [-0.05, 0) is 23.8 Å². The van der Waals surface area contributed by atoms with Gasteiger partial charge in [0.15, 0.2) is 0 Å². The van der Waals surface area contributed by atoms with Gasteiger partial charge in [-0.2, -0.15) is 0 Å². The van der Waals surface area contributed by atoms with Gasteiger partial charge in [0.25, 0.3) is 0 Å². The predicted molar refractivity (Wildman–Crippen MR) is 86.8 cm³/mol. The molecule has 1 aliphatic rings. The largest absolute Gasteiger partial charge is 0.325 e. The lowest BCUT2D eigenvalue weighted by molar-refractivity contribution is -0.130. The topological polar surface area (TPSA) is 32.3 Å². The minimum absolute atomic E-state index is 0.176. The molecule has 21 heavy (non-hydrogen) atoms. The molecule has 0 spiro atoms. The highest BCUT2D eigenvalue weighted by molar-refractivity contribution is 5.85. The van der Waals surface area contributed by atoms with Gasteiger partial charge in [-0.15, -0.1) is 0 Å². The van der Waals surface area contributed by atoms with E-state index in [0.717, 1.165) is 31.4 Å². The van der Waals surface area contributed by atoms with Crippen molar-refractivity contribution in [3.05, 3.63) is 35.9 Å². The van der Waals surface area contributed by atoms with Crippen molar-refractivity contribution in [3.8, 4) is 0 Å². The highest BCUT2D eigenvalue weighted by Crippen LogP contribution is 2.28. The molecule has 1 aliphatic heterocycles. The van der Waals surface area contributed by atoms with E-state index in [-0.39, 0.29) is 23.5 Å². The Bertz CT molecular complexity index is 464. The van der Waals surface area contributed by atoms with Crippen LogP contribution in [0.25, 0.3) is 0 Å². The summed E-state index contributed by atoms with van der Waals surface area (Å²) in [7, 11) is 0. The van der Waals surface area contributed by atoms with Gasteiger partial charge in [-0.25, -0.2) is 0 Å². The Kier molecular flexibility index (Phi) is 5.04. The van der Waals surface area contributed by atoms with Crippen molar-refractivity contribution in [3.63, 3.8) is 0 Å². The number of carbonyl (C=O) groups is 1. The third-order valence-electron chi connectivity index (χ3n) is 4.06. The Morgan fingerprint density at radius 2 is 1.86 bits per heavy atom. The molecule has 116 valence electrons. The van der Waals surface area contributed by atoms with E-state index in [2.05, 4.69) is 33.0 Å². The van der Waals surface area contributed by atoms with Crippen LogP contribution in [-0.4, -0.2) is 23.5 Å². The fourth-order valence-electron chi connectivity index (χ4n) is 2.79. The molecule has 3 heteroatoms. The van der Waals surface area contributed by atoms with Gasteiger partial charge >= 0.3 is 0 Å². The van der Waals surface area contributed by atoms with E-state index in [1.165, 1.54) is 0 Å². The van der Waals surface area contributed by atoms with Crippen molar-refractivity contribution in [1.82, 2.24) is 10.2 Å². The van der Waals surface area contributed by atoms with Crippen molar-refractivity contribution in [2.24, 2.45) is 5.41 Å².